The van der Waals surface area contributed by atoms with Gasteiger partial charge in [0.05, 0.1) is 18.0 Å². The Labute approximate surface area is 85.6 Å². The second-order valence-electron chi connectivity index (χ2n) is 3.36. The first-order chi connectivity index (χ1) is 6.75. The molecule has 1 aromatic rings. The van der Waals surface area contributed by atoms with E-state index in [1.807, 2.05) is 32.3 Å². The minimum absolute atomic E-state index is 0.724. The molecular weight excluding hydrogens is 176 g/mol. The van der Waals surface area contributed by atoms with Gasteiger partial charge in [0.15, 0.2) is 0 Å². The predicted octanol–water partition coefficient (Wildman–Crippen LogP) is 2.51. The molecule has 3 heteroatoms. The number of hydrogen-bond acceptors (Lipinski definition) is 3. The predicted molar refractivity (Wildman–Crippen MR) is 60.6 cm³/mol. The highest BCUT2D eigenvalue weighted by Gasteiger charge is 2.01. The third kappa shape index (κ3) is 2.92. The number of benzene rings is 1. The van der Waals surface area contributed by atoms with Crippen molar-refractivity contribution in [2.45, 2.75) is 13.3 Å². The molecule has 0 saturated heterocycles. The van der Waals surface area contributed by atoms with Gasteiger partial charge in [-0.15, -0.1) is 0 Å². The third-order valence-electron chi connectivity index (χ3n) is 1.87. The van der Waals surface area contributed by atoms with Crippen molar-refractivity contribution in [3.8, 4) is 0 Å². The van der Waals surface area contributed by atoms with Crippen LogP contribution < -0.4 is 10.4 Å². The van der Waals surface area contributed by atoms with Crippen molar-refractivity contribution < 1.29 is 4.84 Å². The highest BCUT2D eigenvalue weighted by atomic mass is 16.6. The molecule has 0 amide bonds. The van der Waals surface area contributed by atoms with E-state index in [-0.39, 0.29) is 0 Å². The number of nitrogens with one attached hydrogen (secondary N) is 1. The molecule has 1 aromatic carbocycles. The van der Waals surface area contributed by atoms with Gasteiger partial charge in [-0.2, -0.15) is 0 Å². The molecule has 1 rings (SSSR count). The van der Waals surface area contributed by atoms with Gasteiger partial charge in [0, 0.05) is 14.1 Å². The van der Waals surface area contributed by atoms with E-state index in [0.29, 0.717) is 0 Å². The summed E-state index contributed by atoms with van der Waals surface area (Å²) in [6, 6.07) is 8.06. The largest absolute Gasteiger partial charge is 0.376 e. The van der Waals surface area contributed by atoms with Gasteiger partial charge >= 0.3 is 0 Å². The van der Waals surface area contributed by atoms with Gasteiger partial charge in [-0.1, -0.05) is 19.1 Å². The zero-order chi connectivity index (χ0) is 10.4. The van der Waals surface area contributed by atoms with Crippen molar-refractivity contribution in [3.63, 3.8) is 0 Å². The molecule has 14 heavy (non-hydrogen) atoms. The van der Waals surface area contributed by atoms with Gasteiger partial charge in [-0.25, -0.2) is 0 Å². The lowest BCUT2D eigenvalue weighted by molar-refractivity contribution is 0.194. The molecule has 0 spiro atoms. The first-order valence-electron chi connectivity index (χ1n) is 4.90. The molecule has 1 N–H and O–H groups in total. The first-order valence-corrected chi connectivity index (χ1v) is 4.90. The Kier molecular flexibility index (Phi) is 4.26. The summed E-state index contributed by atoms with van der Waals surface area (Å²) in [7, 11) is 4.03. The van der Waals surface area contributed by atoms with E-state index in [1.54, 1.807) is 0 Å². The van der Waals surface area contributed by atoms with Gasteiger partial charge < -0.3 is 4.90 Å². The van der Waals surface area contributed by atoms with E-state index in [2.05, 4.69) is 23.4 Å². The molecular formula is C11H18N2O. The maximum absolute atomic E-state index is 5.28. The van der Waals surface area contributed by atoms with Crippen molar-refractivity contribution in [2.75, 3.05) is 31.1 Å². The van der Waals surface area contributed by atoms with Crippen molar-refractivity contribution in [1.82, 2.24) is 0 Å². The summed E-state index contributed by atoms with van der Waals surface area (Å²) in [5, 5.41) is 0. The molecule has 0 saturated carbocycles. The highest BCUT2D eigenvalue weighted by molar-refractivity contribution is 5.68. The van der Waals surface area contributed by atoms with E-state index >= 15 is 0 Å². The molecule has 0 radical (unpaired) electrons. The molecule has 0 fully saturated rings. The quantitative estimate of drug-likeness (QED) is 0.575. The van der Waals surface area contributed by atoms with Crippen molar-refractivity contribution in [2.24, 2.45) is 0 Å². The Balaban J connectivity index is 2.64. The van der Waals surface area contributed by atoms with E-state index < -0.39 is 0 Å². The summed E-state index contributed by atoms with van der Waals surface area (Å²) in [4.78, 5) is 7.34. The minimum atomic E-state index is 0.724. The molecule has 78 valence electrons. The lowest BCUT2D eigenvalue weighted by atomic mass is 10.2. The molecule has 0 aromatic heterocycles. The Morgan fingerprint density at radius 2 is 2.00 bits per heavy atom. The molecule has 0 aliphatic heterocycles. The molecule has 0 aliphatic carbocycles. The molecule has 0 heterocycles. The first kappa shape index (κ1) is 10.9. The van der Waals surface area contributed by atoms with Crippen LogP contribution in [0.25, 0.3) is 0 Å². The summed E-state index contributed by atoms with van der Waals surface area (Å²) < 4.78 is 0. The fraction of sp³-hybridized carbons (Fsp3) is 0.455. The smallest absolute Gasteiger partial charge is 0.0837 e. The summed E-state index contributed by atoms with van der Waals surface area (Å²) in [5.74, 6) is 0. The average molecular weight is 194 g/mol. The minimum Gasteiger partial charge on any atom is -0.376 e. The topological polar surface area (TPSA) is 24.5 Å². The van der Waals surface area contributed by atoms with E-state index in [9.17, 15) is 0 Å². The van der Waals surface area contributed by atoms with Crippen molar-refractivity contribution >= 4 is 11.4 Å². The molecule has 0 unspecified atom stereocenters. The Bertz CT molecular complexity index is 274. The fourth-order valence-corrected chi connectivity index (χ4v) is 1.18. The average Bonchev–Trinajstić information content (AvgIpc) is 2.19. The number of nitrogens with zero attached hydrogens (tertiary/aromatic N) is 1. The zero-order valence-corrected chi connectivity index (χ0v) is 9.08. The summed E-state index contributed by atoms with van der Waals surface area (Å²) in [5.41, 5.74) is 5.09. The van der Waals surface area contributed by atoms with Crippen LogP contribution in [0, 0.1) is 0 Å². The number of anilines is 2. The fourth-order valence-electron chi connectivity index (χ4n) is 1.18. The molecule has 0 atom stereocenters. The third-order valence-corrected chi connectivity index (χ3v) is 1.87. The van der Waals surface area contributed by atoms with Gasteiger partial charge in [-0.3, -0.25) is 10.3 Å². The summed E-state index contributed by atoms with van der Waals surface area (Å²) in [6.07, 6.45) is 1.01. The number of rotatable bonds is 5. The number of hydrogen-bond donors (Lipinski definition) is 1. The number of para-hydroxylation sites is 2. The highest BCUT2D eigenvalue weighted by Crippen LogP contribution is 2.23. The van der Waals surface area contributed by atoms with Crippen LogP contribution in [-0.2, 0) is 4.84 Å². The Hall–Kier alpha value is -1.22. The van der Waals surface area contributed by atoms with Gasteiger partial charge in [0.1, 0.15) is 0 Å². The van der Waals surface area contributed by atoms with Gasteiger partial charge in [-0.05, 0) is 18.6 Å². The second kappa shape index (κ2) is 5.50. The summed E-state index contributed by atoms with van der Waals surface area (Å²) in [6.45, 7) is 2.81. The standard InChI is InChI=1S/C11H18N2O/c1-4-9-14-12-10-7-5-6-8-11(10)13(2)3/h5-8,12H,4,9H2,1-3H3. The lowest BCUT2D eigenvalue weighted by Crippen LogP contribution is -2.12. The van der Waals surface area contributed by atoms with Crippen LogP contribution >= 0.6 is 0 Å². The Morgan fingerprint density at radius 1 is 1.29 bits per heavy atom. The maximum Gasteiger partial charge on any atom is 0.0837 e. The monoisotopic (exact) mass is 194 g/mol. The molecule has 0 aliphatic rings. The van der Waals surface area contributed by atoms with Crippen LogP contribution in [0.15, 0.2) is 24.3 Å². The molecule has 3 nitrogen and oxygen atoms in total. The maximum atomic E-state index is 5.28. The second-order valence-corrected chi connectivity index (χ2v) is 3.36. The normalized spacial score (nSPS) is 9.93. The van der Waals surface area contributed by atoms with Crippen LogP contribution in [0.3, 0.4) is 0 Å². The Morgan fingerprint density at radius 3 is 2.64 bits per heavy atom. The SMILES string of the molecule is CCCONc1ccccc1N(C)C. The van der Waals surface area contributed by atoms with E-state index in [4.69, 9.17) is 4.84 Å². The van der Waals surface area contributed by atoms with Crippen LogP contribution in [0.5, 0.6) is 0 Å². The summed E-state index contributed by atoms with van der Waals surface area (Å²) >= 11 is 0. The van der Waals surface area contributed by atoms with E-state index in [1.165, 1.54) is 0 Å². The zero-order valence-electron chi connectivity index (χ0n) is 9.08. The van der Waals surface area contributed by atoms with E-state index in [0.717, 1.165) is 24.4 Å². The van der Waals surface area contributed by atoms with Gasteiger partial charge in [0.25, 0.3) is 0 Å². The van der Waals surface area contributed by atoms with Crippen LogP contribution in [0.1, 0.15) is 13.3 Å². The van der Waals surface area contributed by atoms with Crippen molar-refractivity contribution in [3.05, 3.63) is 24.3 Å². The lowest BCUT2D eigenvalue weighted by Gasteiger charge is -2.17. The van der Waals surface area contributed by atoms with Gasteiger partial charge in [0.2, 0.25) is 0 Å². The van der Waals surface area contributed by atoms with Crippen LogP contribution in [0.4, 0.5) is 11.4 Å². The van der Waals surface area contributed by atoms with Crippen LogP contribution in [-0.4, -0.2) is 20.7 Å². The van der Waals surface area contributed by atoms with Crippen molar-refractivity contribution in [1.29, 1.82) is 0 Å². The van der Waals surface area contributed by atoms with Crippen LogP contribution in [0.2, 0.25) is 0 Å². The molecule has 0 bridgehead atoms.